The van der Waals surface area contributed by atoms with Crippen molar-refractivity contribution in [1.82, 2.24) is 9.55 Å². The van der Waals surface area contributed by atoms with Crippen LogP contribution in [0.3, 0.4) is 0 Å². The standard InChI is InChI=1S/C13H12N2O3/c1-9-5-7-15(12(16)11(9)13(17)18)8-10-4-2-3-6-14-10/h2-7H,8H2,1H3,(H,17,18). The van der Waals surface area contributed by atoms with Gasteiger partial charge in [-0.1, -0.05) is 6.07 Å². The molecule has 0 fully saturated rings. The largest absolute Gasteiger partial charge is 0.477 e. The first-order chi connectivity index (χ1) is 8.59. The van der Waals surface area contributed by atoms with E-state index in [4.69, 9.17) is 5.11 Å². The predicted octanol–water partition coefficient (Wildman–Crippen LogP) is 1.30. The van der Waals surface area contributed by atoms with Gasteiger partial charge in [-0.2, -0.15) is 0 Å². The molecule has 2 aromatic heterocycles. The van der Waals surface area contributed by atoms with Gasteiger partial charge in [0.15, 0.2) is 0 Å². The number of aromatic nitrogens is 2. The van der Waals surface area contributed by atoms with Crippen molar-refractivity contribution in [2.45, 2.75) is 13.5 Å². The number of carboxylic acid groups (broad SMARTS) is 1. The van der Waals surface area contributed by atoms with Crippen molar-refractivity contribution in [2.75, 3.05) is 0 Å². The highest BCUT2D eigenvalue weighted by Gasteiger charge is 2.14. The van der Waals surface area contributed by atoms with E-state index in [0.29, 0.717) is 11.3 Å². The molecule has 0 atom stereocenters. The molecule has 18 heavy (non-hydrogen) atoms. The van der Waals surface area contributed by atoms with Gasteiger partial charge in [0.25, 0.3) is 5.56 Å². The molecular weight excluding hydrogens is 232 g/mol. The van der Waals surface area contributed by atoms with Crippen molar-refractivity contribution in [3.8, 4) is 0 Å². The molecule has 2 heterocycles. The number of aryl methyl sites for hydroxylation is 1. The Bertz CT molecular complexity index is 632. The third kappa shape index (κ3) is 2.29. The Morgan fingerprint density at radius 1 is 1.39 bits per heavy atom. The van der Waals surface area contributed by atoms with Gasteiger partial charge in [0.2, 0.25) is 0 Å². The zero-order valence-corrected chi connectivity index (χ0v) is 9.83. The predicted molar refractivity (Wildman–Crippen MR) is 65.7 cm³/mol. The monoisotopic (exact) mass is 244 g/mol. The second kappa shape index (κ2) is 4.83. The second-order valence-electron chi connectivity index (χ2n) is 3.93. The summed E-state index contributed by atoms with van der Waals surface area (Å²) in [5, 5.41) is 9.01. The summed E-state index contributed by atoms with van der Waals surface area (Å²) in [5.74, 6) is -1.20. The van der Waals surface area contributed by atoms with E-state index in [0.717, 1.165) is 0 Å². The van der Waals surface area contributed by atoms with Crippen LogP contribution in [-0.2, 0) is 6.54 Å². The van der Waals surface area contributed by atoms with Gasteiger partial charge in [-0.3, -0.25) is 9.78 Å². The Labute approximate surface area is 103 Å². The summed E-state index contributed by atoms with van der Waals surface area (Å²) in [6.45, 7) is 1.87. The molecular formula is C13H12N2O3. The van der Waals surface area contributed by atoms with Crippen LogP contribution in [-0.4, -0.2) is 20.6 Å². The Morgan fingerprint density at radius 3 is 2.78 bits per heavy atom. The van der Waals surface area contributed by atoms with Gasteiger partial charge in [0.05, 0.1) is 12.2 Å². The second-order valence-corrected chi connectivity index (χ2v) is 3.93. The Hall–Kier alpha value is -2.43. The molecule has 0 aliphatic rings. The van der Waals surface area contributed by atoms with Crippen LogP contribution in [0.4, 0.5) is 0 Å². The van der Waals surface area contributed by atoms with E-state index in [1.807, 2.05) is 6.07 Å². The number of pyridine rings is 2. The zero-order chi connectivity index (χ0) is 13.1. The van der Waals surface area contributed by atoms with Crippen molar-refractivity contribution < 1.29 is 9.90 Å². The number of carbonyl (C=O) groups is 1. The van der Waals surface area contributed by atoms with Crippen molar-refractivity contribution in [3.63, 3.8) is 0 Å². The van der Waals surface area contributed by atoms with Crippen molar-refractivity contribution in [1.29, 1.82) is 0 Å². The Morgan fingerprint density at radius 2 is 2.17 bits per heavy atom. The van der Waals surface area contributed by atoms with Gasteiger partial charge in [-0.15, -0.1) is 0 Å². The van der Waals surface area contributed by atoms with E-state index in [-0.39, 0.29) is 12.1 Å². The highest BCUT2D eigenvalue weighted by molar-refractivity contribution is 5.88. The lowest BCUT2D eigenvalue weighted by Crippen LogP contribution is -2.27. The highest BCUT2D eigenvalue weighted by Crippen LogP contribution is 2.03. The summed E-state index contributed by atoms with van der Waals surface area (Å²) in [4.78, 5) is 27.1. The molecule has 0 bridgehead atoms. The first-order valence-corrected chi connectivity index (χ1v) is 5.43. The molecule has 0 saturated carbocycles. The van der Waals surface area contributed by atoms with Gasteiger partial charge in [0.1, 0.15) is 5.56 Å². The molecule has 0 unspecified atom stereocenters. The molecule has 0 radical (unpaired) electrons. The fraction of sp³-hybridized carbons (Fsp3) is 0.154. The normalized spacial score (nSPS) is 10.3. The summed E-state index contributed by atoms with van der Waals surface area (Å²) in [5.41, 5.74) is 0.478. The molecule has 0 aromatic carbocycles. The van der Waals surface area contributed by atoms with E-state index in [2.05, 4.69) is 4.98 Å². The van der Waals surface area contributed by atoms with E-state index in [1.54, 1.807) is 37.5 Å². The third-order valence-corrected chi connectivity index (χ3v) is 2.65. The number of nitrogens with zero attached hydrogens (tertiary/aromatic N) is 2. The van der Waals surface area contributed by atoms with Crippen molar-refractivity contribution in [2.24, 2.45) is 0 Å². The summed E-state index contributed by atoms with van der Waals surface area (Å²) >= 11 is 0. The fourth-order valence-electron chi connectivity index (χ4n) is 1.72. The van der Waals surface area contributed by atoms with Crippen LogP contribution in [0.25, 0.3) is 0 Å². The van der Waals surface area contributed by atoms with E-state index < -0.39 is 11.5 Å². The lowest BCUT2D eigenvalue weighted by Gasteiger charge is -2.07. The summed E-state index contributed by atoms with van der Waals surface area (Å²) in [7, 11) is 0. The zero-order valence-electron chi connectivity index (χ0n) is 9.83. The van der Waals surface area contributed by atoms with Gasteiger partial charge in [-0.05, 0) is 30.7 Å². The van der Waals surface area contributed by atoms with E-state index >= 15 is 0 Å². The van der Waals surface area contributed by atoms with Crippen LogP contribution in [0.15, 0.2) is 41.5 Å². The Balaban J connectivity index is 2.45. The van der Waals surface area contributed by atoms with Crippen LogP contribution in [0.2, 0.25) is 0 Å². The molecule has 0 saturated heterocycles. The van der Waals surface area contributed by atoms with Gasteiger partial charge in [-0.25, -0.2) is 4.79 Å². The average molecular weight is 244 g/mol. The lowest BCUT2D eigenvalue weighted by atomic mass is 10.1. The minimum atomic E-state index is -1.20. The summed E-state index contributed by atoms with van der Waals surface area (Å²) in [6.07, 6.45) is 3.21. The molecule has 0 aliphatic carbocycles. The molecule has 0 amide bonds. The third-order valence-electron chi connectivity index (χ3n) is 2.65. The maximum Gasteiger partial charge on any atom is 0.341 e. The minimum Gasteiger partial charge on any atom is -0.477 e. The average Bonchev–Trinajstić information content (AvgIpc) is 2.34. The van der Waals surface area contributed by atoms with Crippen LogP contribution in [0.5, 0.6) is 0 Å². The topological polar surface area (TPSA) is 72.2 Å². The number of hydrogen-bond donors (Lipinski definition) is 1. The summed E-state index contributed by atoms with van der Waals surface area (Å²) in [6, 6.07) is 7.00. The number of hydrogen-bond acceptors (Lipinski definition) is 3. The van der Waals surface area contributed by atoms with Crippen LogP contribution in [0.1, 0.15) is 21.6 Å². The maximum absolute atomic E-state index is 12.0. The fourth-order valence-corrected chi connectivity index (χ4v) is 1.72. The summed E-state index contributed by atoms with van der Waals surface area (Å²) < 4.78 is 1.35. The molecule has 0 aliphatic heterocycles. The van der Waals surface area contributed by atoms with Crippen molar-refractivity contribution in [3.05, 3.63) is 63.8 Å². The van der Waals surface area contributed by atoms with Gasteiger partial charge < -0.3 is 9.67 Å². The van der Waals surface area contributed by atoms with Gasteiger partial charge >= 0.3 is 5.97 Å². The highest BCUT2D eigenvalue weighted by atomic mass is 16.4. The smallest absolute Gasteiger partial charge is 0.341 e. The van der Waals surface area contributed by atoms with Crippen LogP contribution >= 0.6 is 0 Å². The van der Waals surface area contributed by atoms with E-state index in [1.165, 1.54) is 4.57 Å². The SMILES string of the molecule is Cc1ccn(Cc2ccccn2)c(=O)c1C(=O)O. The molecule has 2 aromatic rings. The molecule has 5 nitrogen and oxygen atoms in total. The minimum absolute atomic E-state index is 0.187. The first kappa shape index (κ1) is 12.0. The molecule has 92 valence electrons. The van der Waals surface area contributed by atoms with E-state index in [9.17, 15) is 9.59 Å². The van der Waals surface area contributed by atoms with Gasteiger partial charge in [0, 0.05) is 12.4 Å². The maximum atomic E-state index is 12.0. The number of carboxylic acids is 1. The lowest BCUT2D eigenvalue weighted by molar-refractivity contribution is 0.0693. The quantitative estimate of drug-likeness (QED) is 0.883. The molecule has 5 heteroatoms. The molecule has 1 N–H and O–H groups in total. The van der Waals surface area contributed by atoms with Crippen LogP contribution in [0, 0.1) is 6.92 Å². The van der Waals surface area contributed by atoms with Crippen molar-refractivity contribution >= 4 is 5.97 Å². The van der Waals surface area contributed by atoms with Crippen LogP contribution < -0.4 is 5.56 Å². The first-order valence-electron chi connectivity index (χ1n) is 5.43. The molecule has 2 rings (SSSR count). The number of aromatic carboxylic acids is 1. The number of rotatable bonds is 3. The Kier molecular flexibility index (Phi) is 3.23. The molecule has 0 spiro atoms.